The van der Waals surface area contributed by atoms with Gasteiger partial charge in [-0.25, -0.2) is 0 Å². The minimum atomic E-state index is 0.443. The zero-order chi connectivity index (χ0) is 11.2. The van der Waals surface area contributed by atoms with E-state index in [9.17, 15) is 0 Å². The van der Waals surface area contributed by atoms with E-state index in [1.54, 1.807) is 0 Å². The monoisotopic (exact) mass is 219 g/mol. The second-order valence-electron chi connectivity index (χ2n) is 4.63. The Hall–Kier alpha value is -0.860. The Labute approximate surface area is 98.0 Å². The molecule has 1 fully saturated rings. The molecular weight excluding hydrogens is 198 g/mol. The van der Waals surface area contributed by atoms with Gasteiger partial charge in [0.05, 0.1) is 6.10 Å². The molecule has 1 aromatic rings. The van der Waals surface area contributed by atoms with Crippen molar-refractivity contribution in [2.45, 2.75) is 38.3 Å². The van der Waals surface area contributed by atoms with Gasteiger partial charge in [0.25, 0.3) is 0 Å². The fourth-order valence-electron chi connectivity index (χ4n) is 2.18. The lowest BCUT2D eigenvalue weighted by Gasteiger charge is -2.16. The number of benzene rings is 1. The first kappa shape index (κ1) is 11.6. The smallest absolute Gasteiger partial charge is 0.0700 e. The lowest BCUT2D eigenvalue weighted by Crippen LogP contribution is -2.34. The normalized spacial score (nSPS) is 22.2. The van der Waals surface area contributed by atoms with Gasteiger partial charge in [-0.2, -0.15) is 0 Å². The molecule has 2 rings (SSSR count). The Morgan fingerprint density at radius 1 is 1.38 bits per heavy atom. The third-order valence-corrected chi connectivity index (χ3v) is 3.10. The van der Waals surface area contributed by atoms with Crippen molar-refractivity contribution in [3.8, 4) is 0 Å². The fourth-order valence-corrected chi connectivity index (χ4v) is 2.18. The average molecular weight is 219 g/mol. The minimum absolute atomic E-state index is 0.443. The first-order valence-corrected chi connectivity index (χ1v) is 6.23. The number of nitrogens with one attached hydrogen (secondary N) is 1. The van der Waals surface area contributed by atoms with Gasteiger partial charge in [-0.1, -0.05) is 30.3 Å². The lowest BCUT2D eigenvalue weighted by molar-refractivity contribution is 0.108. The summed E-state index contributed by atoms with van der Waals surface area (Å²) in [5, 5.41) is 3.55. The summed E-state index contributed by atoms with van der Waals surface area (Å²) in [5.41, 5.74) is 1.40. The molecule has 16 heavy (non-hydrogen) atoms. The van der Waals surface area contributed by atoms with E-state index < -0.39 is 0 Å². The second kappa shape index (κ2) is 6.02. The molecule has 0 aromatic heterocycles. The van der Waals surface area contributed by atoms with Crippen molar-refractivity contribution in [3.63, 3.8) is 0 Å². The van der Waals surface area contributed by atoms with Crippen LogP contribution in [0.1, 0.15) is 25.3 Å². The molecule has 0 radical (unpaired) electrons. The van der Waals surface area contributed by atoms with Gasteiger partial charge in [-0.05, 0) is 31.7 Å². The summed E-state index contributed by atoms with van der Waals surface area (Å²) in [6, 6.07) is 11.2. The van der Waals surface area contributed by atoms with E-state index in [1.165, 1.54) is 18.4 Å². The van der Waals surface area contributed by atoms with Gasteiger partial charge in [0, 0.05) is 19.2 Å². The van der Waals surface area contributed by atoms with Crippen LogP contribution in [0.3, 0.4) is 0 Å². The van der Waals surface area contributed by atoms with Crippen LogP contribution in [0.4, 0.5) is 0 Å². The highest BCUT2D eigenvalue weighted by atomic mass is 16.5. The Morgan fingerprint density at radius 2 is 2.19 bits per heavy atom. The second-order valence-corrected chi connectivity index (χ2v) is 4.63. The average Bonchev–Trinajstić information content (AvgIpc) is 2.81. The molecule has 0 bridgehead atoms. The van der Waals surface area contributed by atoms with Crippen LogP contribution < -0.4 is 5.32 Å². The summed E-state index contributed by atoms with van der Waals surface area (Å²) in [4.78, 5) is 0. The molecule has 88 valence electrons. The Morgan fingerprint density at radius 3 is 2.88 bits per heavy atom. The van der Waals surface area contributed by atoms with E-state index in [2.05, 4.69) is 42.6 Å². The third-order valence-electron chi connectivity index (χ3n) is 3.10. The molecule has 1 N–H and O–H groups in total. The maximum Gasteiger partial charge on any atom is 0.0700 e. The van der Waals surface area contributed by atoms with Gasteiger partial charge in [0.15, 0.2) is 0 Å². The van der Waals surface area contributed by atoms with Crippen LogP contribution >= 0.6 is 0 Å². The van der Waals surface area contributed by atoms with Gasteiger partial charge >= 0.3 is 0 Å². The molecule has 0 aliphatic carbocycles. The van der Waals surface area contributed by atoms with Gasteiger partial charge < -0.3 is 10.1 Å². The highest BCUT2D eigenvalue weighted by molar-refractivity contribution is 5.15. The van der Waals surface area contributed by atoms with Gasteiger partial charge in [-0.3, -0.25) is 0 Å². The molecule has 1 aliphatic heterocycles. The van der Waals surface area contributed by atoms with Crippen LogP contribution in [0.25, 0.3) is 0 Å². The van der Waals surface area contributed by atoms with Crippen LogP contribution in [-0.4, -0.2) is 25.3 Å². The van der Waals surface area contributed by atoms with Crippen LogP contribution in [0.15, 0.2) is 30.3 Å². The van der Waals surface area contributed by atoms with Gasteiger partial charge in [-0.15, -0.1) is 0 Å². The number of ether oxygens (including phenoxy) is 1. The topological polar surface area (TPSA) is 21.3 Å². The molecule has 1 heterocycles. The van der Waals surface area contributed by atoms with E-state index in [1.807, 2.05) is 0 Å². The van der Waals surface area contributed by atoms with Crippen LogP contribution in [-0.2, 0) is 11.2 Å². The highest BCUT2D eigenvalue weighted by Crippen LogP contribution is 2.11. The van der Waals surface area contributed by atoms with E-state index in [4.69, 9.17) is 4.74 Å². The molecule has 2 atom stereocenters. The SMILES string of the molecule is CC(Cc1ccccc1)NCC1CCCO1. The van der Waals surface area contributed by atoms with E-state index in [0.29, 0.717) is 12.1 Å². The van der Waals surface area contributed by atoms with Gasteiger partial charge in [0.1, 0.15) is 0 Å². The summed E-state index contributed by atoms with van der Waals surface area (Å²) in [6.07, 6.45) is 3.97. The Kier molecular flexibility index (Phi) is 4.37. The Balaban J connectivity index is 1.69. The van der Waals surface area contributed by atoms with Crippen LogP contribution in [0.5, 0.6) is 0 Å². The van der Waals surface area contributed by atoms with Crippen LogP contribution in [0, 0.1) is 0 Å². The molecular formula is C14H21NO. The molecule has 2 nitrogen and oxygen atoms in total. The van der Waals surface area contributed by atoms with Crippen molar-refractivity contribution in [1.29, 1.82) is 0 Å². The van der Waals surface area contributed by atoms with E-state index >= 15 is 0 Å². The first-order valence-electron chi connectivity index (χ1n) is 6.23. The van der Waals surface area contributed by atoms with E-state index in [0.717, 1.165) is 19.6 Å². The van der Waals surface area contributed by atoms with Crippen molar-refractivity contribution in [3.05, 3.63) is 35.9 Å². The molecule has 0 amide bonds. The minimum Gasteiger partial charge on any atom is -0.377 e. The summed E-state index contributed by atoms with van der Waals surface area (Å²) in [5.74, 6) is 0. The summed E-state index contributed by atoms with van der Waals surface area (Å²) in [6.45, 7) is 4.18. The van der Waals surface area contributed by atoms with Crippen LogP contribution in [0.2, 0.25) is 0 Å². The number of rotatable bonds is 5. The summed E-state index contributed by atoms with van der Waals surface area (Å²) < 4.78 is 5.59. The summed E-state index contributed by atoms with van der Waals surface area (Å²) >= 11 is 0. The largest absolute Gasteiger partial charge is 0.377 e. The third kappa shape index (κ3) is 3.62. The van der Waals surface area contributed by atoms with Crippen molar-refractivity contribution >= 4 is 0 Å². The number of hydrogen-bond donors (Lipinski definition) is 1. The zero-order valence-corrected chi connectivity index (χ0v) is 9.99. The molecule has 1 aromatic carbocycles. The molecule has 0 saturated carbocycles. The fraction of sp³-hybridized carbons (Fsp3) is 0.571. The quantitative estimate of drug-likeness (QED) is 0.821. The first-order chi connectivity index (χ1) is 7.84. The lowest BCUT2D eigenvalue weighted by atomic mass is 10.1. The Bertz CT molecular complexity index is 293. The van der Waals surface area contributed by atoms with Crippen molar-refractivity contribution in [1.82, 2.24) is 5.32 Å². The molecule has 1 aliphatic rings. The molecule has 1 saturated heterocycles. The predicted octanol–water partition coefficient (Wildman–Crippen LogP) is 2.39. The number of hydrogen-bond acceptors (Lipinski definition) is 2. The predicted molar refractivity (Wildman–Crippen MR) is 66.6 cm³/mol. The standard InChI is InChI=1S/C14H21NO/c1-12(10-13-6-3-2-4-7-13)15-11-14-8-5-9-16-14/h2-4,6-7,12,14-15H,5,8-11H2,1H3. The molecule has 2 unspecified atom stereocenters. The molecule has 0 spiro atoms. The van der Waals surface area contributed by atoms with Gasteiger partial charge in [0.2, 0.25) is 0 Å². The maximum absolute atomic E-state index is 5.59. The highest BCUT2D eigenvalue weighted by Gasteiger charge is 2.15. The van der Waals surface area contributed by atoms with E-state index in [-0.39, 0.29) is 0 Å². The van der Waals surface area contributed by atoms with Crippen molar-refractivity contribution in [2.24, 2.45) is 0 Å². The maximum atomic E-state index is 5.59. The molecule has 2 heteroatoms. The summed E-state index contributed by atoms with van der Waals surface area (Å²) in [7, 11) is 0. The van der Waals surface area contributed by atoms with Crippen molar-refractivity contribution < 1.29 is 4.74 Å². The zero-order valence-electron chi connectivity index (χ0n) is 9.99. The van der Waals surface area contributed by atoms with Crippen molar-refractivity contribution in [2.75, 3.05) is 13.2 Å².